The molecule has 2 unspecified atom stereocenters. The number of carbonyl (C=O) groups is 1. The van der Waals surface area contributed by atoms with E-state index in [1.54, 1.807) is 19.1 Å². The molecule has 0 saturated heterocycles. The number of phenolic OH excluding ortho intramolecular Hbond substituents is 1. The maximum Gasteiger partial charge on any atom is 0.251 e. The van der Waals surface area contributed by atoms with Gasteiger partial charge in [-0.15, -0.1) is 0 Å². The minimum Gasteiger partial charge on any atom is -0.508 e. The van der Waals surface area contributed by atoms with Crippen molar-refractivity contribution >= 4 is 5.91 Å². The molecule has 1 amide bonds. The minimum absolute atomic E-state index is 0.126. The van der Waals surface area contributed by atoms with Crippen molar-refractivity contribution in [3.8, 4) is 5.75 Å². The van der Waals surface area contributed by atoms with E-state index in [-0.39, 0.29) is 23.2 Å². The second kappa shape index (κ2) is 5.83. The van der Waals surface area contributed by atoms with Crippen LogP contribution < -0.4 is 5.32 Å². The number of benzene rings is 1. The van der Waals surface area contributed by atoms with Gasteiger partial charge in [-0.25, -0.2) is 0 Å². The topological polar surface area (TPSA) is 69.6 Å². The fourth-order valence-electron chi connectivity index (χ4n) is 2.72. The fraction of sp³-hybridized carbons (Fsp3) is 0.562. The molecule has 0 spiro atoms. The predicted molar refractivity (Wildman–Crippen MR) is 77.8 cm³/mol. The highest BCUT2D eigenvalue weighted by atomic mass is 16.3. The number of phenols is 1. The maximum atomic E-state index is 12.1. The molecule has 0 heterocycles. The first-order valence-corrected chi connectivity index (χ1v) is 7.18. The molecule has 1 aromatic carbocycles. The van der Waals surface area contributed by atoms with E-state index in [0.29, 0.717) is 12.1 Å². The van der Waals surface area contributed by atoms with E-state index in [9.17, 15) is 15.0 Å². The van der Waals surface area contributed by atoms with E-state index in [1.165, 1.54) is 6.07 Å². The molecule has 2 rings (SSSR count). The van der Waals surface area contributed by atoms with Crippen LogP contribution in [0.25, 0.3) is 0 Å². The molecule has 1 aromatic rings. The first-order valence-electron chi connectivity index (χ1n) is 7.18. The molecule has 1 saturated carbocycles. The number of aliphatic hydroxyl groups is 1. The Hall–Kier alpha value is -1.55. The number of aromatic hydroxyl groups is 1. The molecule has 110 valence electrons. The van der Waals surface area contributed by atoms with Crippen molar-refractivity contribution in [1.29, 1.82) is 0 Å². The molecule has 1 aliphatic rings. The van der Waals surface area contributed by atoms with Gasteiger partial charge in [-0.3, -0.25) is 4.79 Å². The SMILES string of the molecule is Cc1ccc(C(=O)NCC2(C)CCCCC2O)cc1O. The highest BCUT2D eigenvalue weighted by Gasteiger charge is 2.35. The Morgan fingerprint density at radius 1 is 1.45 bits per heavy atom. The summed E-state index contributed by atoms with van der Waals surface area (Å²) in [6, 6.07) is 4.90. The summed E-state index contributed by atoms with van der Waals surface area (Å²) in [7, 11) is 0. The predicted octanol–water partition coefficient (Wildman–Crippen LogP) is 2.37. The molecule has 1 aliphatic carbocycles. The zero-order chi connectivity index (χ0) is 14.8. The summed E-state index contributed by atoms with van der Waals surface area (Å²) >= 11 is 0. The Balaban J connectivity index is 1.99. The number of aliphatic hydroxyl groups excluding tert-OH is 1. The van der Waals surface area contributed by atoms with Gasteiger partial charge in [0, 0.05) is 17.5 Å². The van der Waals surface area contributed by atoms with Gasteiger partial charge in [0.1, 0.15) is 5.75 Å². The number of hydrogen-bond donors (Lipinski definition) is 3. The molecule has 0 bridgehead atoms. The van der Waals surface area contributed by atoms with Gasteiger partial charge in [0.05, 0.1) is 6.10 Å². The molecule has 0 aliphatic heterocycles. The summed E-state index contributed by atoms with van der Waals surface area (Å²) in [6.45, 7) is 4.27. The van der Waals surface area contributed by atoms with Gasteiger partial charge in [-0.1, -0.05) is 25.8 Å². The number of nitrogens with one attached hydrogen (secondary N) is 1. The van der Waals surface area contributed by atoms with E-state index in [1.807, 2.05) is 6.92 Å². The van der Waals surface area contributed by atoms with E-state index >= 15 is 0 Å². The quantitative estimate of drug-likeness (QED) is 0.794. The molecule has 20 heavy (non-hydrogen) atoms. The lowest BCUT2D eigenvalue weighted by molar-refractivity contribution is 0.00190. The maximum absolute atomic E-state index is 12.1. The summed E-state index contributed by atoms with van der Waals surface area (Å²) < 4.78 is 0. The van der Waals surface area contributed by atoms with Crippen molar-refractivity contribution < 1.29 is 15.0 Å². The van der Waals surface area contributed by atoms with Crippen LogP contribution in [0, 0.1) is 12.3 Å². The first-order chi connectivity index (χ1) is 9.42. The second-order valence-corrected chi connectivity index (χ2v) is 6.10. The molecule has 4 heteroatoms. The van der Waals surface area contributed by atoms with Crippen molar-refractivity contribution in [3.63, 3.8) is 0 Å². The van der Waals surface area contributed by atoms with Crippen LogP contribution in [0.5, 0.6) is 5.75 Å². The molecule has 4 nitrogen and oxygen atoms in total. The van der Waals surface area contributed by atoms with Crippen LogP contribution in [-0.2, 0) is 0 Å². The Morgan fingerprint density at radius 2 is 2.20 bits per heavy atom. The largest absolute Gasteiger partial charge is 0.508 e. The van der Waals surface area contributed by atoms with Gasteiger partial charge < -0.3 is 15.5 Å². The number of carbonyl (C=O) groups excluding carboxylic acids is 1. The summed E-state index contributed by atoms with van der Waals surface area (Å²) in [5.41, 5.74) is 0.943. The lowest BCUT2D eigenvalue weighted by atomic mass is 9.73. The molecule has 0 radical (unpaired) electrons. The number of aryl methyl sites for hydroxylation is 1. The minimum atomic E-state index is -0.358. The third-order valence-corrected chi connectivity index (χ3v) is 4.40. The van der Waals surface area contributed by atoms with Crippen LogP contribution in [0.2, 0.25) is 0 Å². The highest BCUT2D eigenvalue weighted by Crippen LogP contribution is 2.35. The van der Waals surface area contributed by atoms with Crippen molar-refractivity contribution in [2.45, 2.75) is 45.6 Å². The lowest BCUT2D eigenvalue weighted by Crippen LogP contribution is -2.45. The average molecular weight is 277 g/mol. The first kappa shape index (κ1) is 14.9. The van der Waals surface area contributed by atoms with E-state index < -0.39 is 0 Å². The van der Waals surface area contributed by atoms with Gasteiger partial charge in [0.25, 0.3) is 5.91 Å². The molecule has 0 aromatic heterocycles. The lowest BCUT2D eigenvalue weighted by Gasteiger charge is -2.38. The van der Waals surface area contributed by atoms with E-state index in [0.717, 1.165) is 31.2 Å². The normalized spacial score (nSPS) is 26.2. The van der Waals surface area contributed by atoms with Crippen LogP contribution in [0.4, 0.5) is 0 Å². The number of amides is 1. The van der Waals surface area contributed by atoms with E-state index in [2.05, 4.69) is 5.32 Å². The van der Waals surface area contributed by atoms with Crippen LogP contribution in [0.1, 0.15) is 48.5 Å². The van der Waals surface area contributed by atoms with Gasteiger partial charge in [-0.05, 0) is 37.5 Å². The van der Waals surface area contributed by atoms with Crippen LogP contribution in [0.3, 0.4) is 0 Å². The average Bonchev–Trinajstić information content (AvgIpc) is 2.43. The summed E-state index contributed by atoms with van der Waals surface area (Å²) in [5.74, 6) is -0.0825. The summed E-state index contributed by atoms with van der Waals surface area (Å²) in [5, 5.41) is 22.6. The summed E-state index contributed by atoms with van der Waals surface area (Å²) in [6.07, 6.45) is 3.51. The molecule has 1 fully saturated rings. The zero-order valence-corrected chi connectivity index (χ0v) is 12.1. The van der Waals surface area contributed by atoms with Crippen LogP contribution in [-0.4, -0.2) is 28.8 Å². The second-order valence-electron chi connectivity index (χ2n) is 6.10. The Labute approximate surface area is 119 Å². The Morgan fingerprint density at radius 3 is 2.85 bits per heavy atom. The van der Waals surface area contributed by atoms with Crippen LogP contribution in [0.15, 0.2) is 18.2 Å². The van der Waals surface area contributed by atoms with E-state index in [4.69, 9.17) is 0 Å². The standard InChI is InChI=1S/C16H23NO3/c1-11-6-7-12(9-13(11)18)15(20)17-10-16(2)8-4-3-5-14(16)19/h6-7,9,14,18-19H,3-5,8,10H2,1-2H3,(H,17,20). The molecular weight excluding hydrogens is 254 g/mol. The van der Waals surface area contributed by atoms with Crippen molar-refractivity contribution in [1.82, 2.24) is 5.32 Å². The molecule has 2 atom stereocenters. The fourth-order valence-corrected chi connectivity index (χ4v) is 2.72. The Kier molecular flexibility index (Phi) is 4.33. The van der Waals surface area contributed by atoms with Crippen molar-refractivity contribution in [2.75, 3.05) is 6.54 Å². The summed E-state index contributed by atoms with van der Waals surface area (Å²) in [4.78, 5) is 12.1. The molecular formula is C16H23NO3. The smallest absolute Gasteiger partial charge is 0.251 e. The number of hydrogen-bond acceptors (Lipinski definition) is 3. The van der Waals surface area contributed by atoms with Crippen molar-refractivity contribution in [2.24, 2.45) is 5.41 Å². The Bertz CT molecular complexity index is 500. The van der Waals surface area contributed by atoms with Gasteiger partial charge >= 0.3 is 0 Å². The van der Waals surface area contributed by atoms with Crippen molar-refractivity contribution in [3.05, 3.63) is 29.3 Å². The third-order valence-electron chi connectivity index (χ3n) is 4.40. The van der Waals surface area contributed by atoms with Gasteiger partial charge in [0.15, 0.2) is 0 Å². The zero-order valence-electron chi connectivity index (χ0n) is 12.1. The molecule has 3 N–H and O–H groups in total. The van der Waals surface area contributed by atoms with Gasteiger partial charge in [-0.2, -0.15) is 0 Å². The highest BCUT2D eigenvalue weighted by molar-refractivity contribution is 5.94. The number of rotatable bonds is 3. The third kappa shape index (κ3) is 3.12. The van der Waals surface area contributed by atoms with Crippen LogP contribution >= 0.6 is 0 Å². The van der Waals surface area contributed by atoms with Gasteiger partial charge in [0.2, 0.25) is 0 Å². The monoisotopic (exact) mass is 277 g/mol.